The van der Waals surface area contributed by atoms with Gasteiger partial charge in [0.05, 0.1) is 16.3 Å². The second-order valence-corrected chi connectivity index (χ2v) is 5.18. The van der Waals surface area contributed by atoms with Gasteiger partial charge in [0, 0.05) is 11.3 Å². The molecule has 1 aromatic carbocycles. The summed E-state index contributed by atoms with van der Waals surface area (Å²) >= 11 is 1.56. The molecule has 0 bridgehead atoms. The Morgan fingerprint density at radius 1 is 1.44 bits per heavy atom. The third-order valence-corrected chi connectivity index (χ3v) is 4.02. The van der Waals surface area contributed by atoms with Crippen molar-refractivity contribution in [1.29, 1.82) is 0 Å². The lowest BCUT2D eigenvalue weighted by atomic mass is 10.2. The summed E-state index contributed by atoms with van der Waals surface area (Å²) < 4.78 is 1.46. The molecule has 0 atom stereocenters. The fourth-order valence-electron chi connectivity index (χ4n) is 2.02. The SMILES string of the molecule is NC(=O)c1cccc(-n2[nH]c3c(c2=O)SCC3)c1. The molecule has 92 valence electrons. The average Bonchev–Trinajstić information content (AvgIpc) is 2.93. The monoisotopic (exact) mass is 261 g/mol. The molecule has 0 radical (unpaired) electrons. The van der Waals surface area contributed by atoms with Crippen LogP contribution in [0.4, 0.5) is 0 Å². The van der Waals surface area contributed by atoms with Crippen LogP contribution in [0.15, 0.2) is 34.0 Å². The van der Waals surface area contributed by atoms with Crippen LogP contribution >= 0.6 is 11.8 Å². The van der Waals surface area contributed by atoms with Crippen molar-refractivity contribution in [3.05, 3.63) is 45.9 Å². The lowest BCUT2D eigenvalue weighted by molar-refractivity contribution is 0.100. The number of nitrogens with two attached hydrogens (primary N) is 1. The van der Waals surface area contributed by atoms with E-state index in [0.29, 0.717) is 11.3 Å². The Balaban J connectivity index is 2.13. The Morgan fingerprint density at radius 3 is 3.00 bits per heavy atom. The maximum atomic E-state index is 12.1. The number of amides is 1. The molecule has 0 spiro atoms. The zero-order valence-corrected chi connectivity index (χ0v) is 10.3. The van der Waals surface area contributed by atoms with E-state index in [1.165, 1.54) is 4.68 Å². The summed E-state index contributed by atoms with van der Waals surface area (Å²) in [5.74, 6) is 0.442. The number of hydrogen-bond donors (Lipinski definition) is 2. The second kappa shape index (κ2) is 4.06. The van der Waals surface area contributed by atoms with Crippen molar-refractivity contribution >= 4 is 17.7 Å². The molecule has 0 saturated heterocycles. The molecule has 1 aromatic heterocycles. The number of benzene rings is 1. The first-order valence-corrected chi connectivity index (χ1v) is 6.52. The van der Waals surface area contributed by atoms with Crippen molar-refractivity contribution in [3.63, 3.8) is 0 Å². The average molecular weight is 261 g/mol. The predicted octanol–water partition coefficient (Wildman–Crippen LogP) is 0.913. The molecule has 0 saturated carbocycles. The van der Waals surface area contributed by atoms with Crippen molar-refractivity contribution in [3.8, 4) is 5.69 Å². The predicted molar refractivity (Wildman–Crippen MR) is 69.3 cm³/mol. The minimum Gasteiger partial charge on any atom is -0.366 e. The molecular formula is C12H11N3O2S. The highest BCUT2D eigenvalue weighted by molar-refractivity contribution is 7.99. The summed E-state index contributed by atoms with van der Waals surface area (Å²) in [7, 11) is 0. The van der Waals surface area contributed by atoms with Crippen LogP contribution in [0.2, 0.25) is 0 Å². The number of fused-ring (bicyclic) bond motifs is 1. The van der Waals surface area contributed by atoms with Gasteiger partial charge < -0.3 is 5.73 Å². The zero-order chi connectivity index (χ0) is 12.7. The molecular weight excluding hydrogens is 250 g/mol. The van der Waals surface area contributed by atoms with Crippen LogP contribution in [0.5, 0.6) is 0 Å². The highest BCUT2D eigenvalue weighted by atomic mass is 32.2. The quantitative estimate of drug-likeness (QED) is 0.843. The van der Waals surface area contributed by atoms with Crippen molar-refractivity contribution in [2.45, 2.75) is 11.3 Å². The number of aromatic nitrogens is 2. The number of nitrogens with zero attached hydrogens (tertiary/aromatic N) is 1. The number of aromatic amines is 1. The molecule has 1 amide bonds. The fourth-order valence-corrected chi connectivity index (χ4v) is 3.07. The third kappa shape index (κ3) is 1.65. The summed E-state index contributed by atoms with van der Waals surface area (Å²) in [6.07, 6.45) is 0.873. The molecule has 2 aromatic rings. The van der Waals surface area contributed by atoms with E-state index >= 15 is 0 Å². The van der Waals surface area contributed by atoms with Crippen LogP contribution in [0.1, 0.15) is 16.1 Å². The molecule has 2 heterocycles. The molecule has 1 aliphatic rings. The summed E-state index contributed by atoms with van der Waals surface area (Å²) in [5.41, 5.74) is 7.16. The second-order valence-electron chi connectivity index (χ2n) is 4.07. The Bertz CT molecular complexity index is 687. The van der Waals surface area contributed by atoms with E-state index in [2.05, 4.69) is 5.10 Å². The minimum atomic E-state index is -0.502. The topological polar surface area (TPSA) is 80.9 Å². The Hall–Kier alpha value is -1.95. The third-order valence-electron chi connectivity index (χ3n) is 2.91. The Kier molecular flexibility index (Phi) is 2.52. The number of thioether (sulfide) groups is 1. The van der Waals surface area contributed by atoms with Crippen molar-refractivity contribution in [2.24, 2.45) is 5.73 Å². The number of nitrogens with one attached hydrogen (secondary N) is 1. The molecule has 3 N–H and O–H groups in total. The number of primary amides is 1. The van der Waals surface area contributed by atoms with E-state index in [1.54, 1.807) is 36.0 Å². The van der Waals surface area contributed by atoms with Gasteiger partial charge in [-0.3, -0.25) is 14.7 Å². The van der Waals surface area contributed by atoms with Gasteiger partial charge in [-0.05, 0) is 24.6 Å². The largest absolute Gasteiger partial charge is 0.366 e. The molecule has 3 rings (SSSR count). The van der Waals surface area contributed by atoms with Crippen molar-refractivity contribution in [1.82, 2.24) is 9.78 Å². The number of rotatable bonds is 2. The standard InChI is InChI=1S/C12H11N3O2S/c13-11(16)7-2-1-3-8(6-7)15-12(17)10-9(14-15)4-5-18-10/h1-3,6,14H,4-5H2,(H2,13,16). The maximum Gasteiger partial charge on any atom is 0.285 e. The van der Waals surface area contributed by atoms with Gasteiger partial charge in [0.2, 0.25) is 5.91 Å². The van der Waals surface area contributed by atoms with E-state index in [0.717, 1.165) is 22.8 Å². The van der Waals surface area contributed by atoms with Gasteiger partial charge in [0.25, 0.3) is 5.56 Å². The van der Waals surface area contributed by atoms with Crippen molar-refractivity contribution in [2.75, 3.05) is 5.75 Å². The molecule has 0 unspecified atom stereocenters. The minimum absolute atomic E-state index is 0.0610. The van der Waals surface area contributed by atoms with E-state index in [1.807, 2.05) is 0 Å². The first kappa shape index (κ1) is 11.2. The lowest BCUT2D eigenvalue weighted by Crippen LogP contribution is -2.17. The van der Waals surface area contributed by atoms with Crippen LogP contribution in [0, 0.1) is 0 Å². The van der Waals surface area contributed by atoms with Gasteiger partial charge in [-0.25, -0.2) is 4.68 Å². The maximum absolute atomic E-state index is 12.1. The van der Waals surface area contributed by atoms with E-state index in [4.69, 9.17) is 5.73 Å². The van der Waals surface area contributed by atoms with Gasteiger partial charge >= 0.3 is 0 Å². The Labute approximate surface area is 107 Å². The van der Waals surface area contributed by atoms with E-state index < -0.39 is 5.91 Å². The van der Waals surface area contributed by atoms with Gasteiger partial charge in [0.1, 0.15) is 0 Å². The van der Waals surface area contributed by atoms with E-state index in [9.17, 15) is 9.59 Å². The van der Waals surface area contributed by atoms with Crippen LogP contribution < -0.4 is 11.3 Å². The number of carbonyl (C=O) groups excluding carboxylic acids is 1. The highest BCUT2D eigenvalue weighted by Crippen LogP contribution is 2.27. The number of hydrogen-bond acceptors (Lipinski definition) is 3. The molecule has 18 heavy (non-hydrogen) atoms. The highest BCUT2D eigenvalue weighted by Gasteiger charge is 2.20. The molecule has 6 heteroatoms. The van der Waals surface area contributed by atoms with Crippen LogP contribution in [0.25, 0.3) is 5.69 Å². The van der Waals surface area contributed by atoms with Gasteiger partial charge in [-0.2, -0.15) is 0 Å². The molecule has 0 fully saturated rings. The smallest absolute Gasteiger partial charge is 0.285 e. The number of carbonyl (C=O) groups is 1. The van der Waals surface area contributed by atoms with Crippen LogP contribution in [-0.4, -0.2) is 21.4 Å². The molecule has 0 aliphatic carbocycles. The van der Waals surface area contributed by atoms with E-state index in [-0.39, 0.29) is 5.56 Å². The number of aryl methyl sites for hydroxylation is 1. The Morgan fingerprint density at radius 2 is 2.28 bits per heavy atom. The zero-order valence-electron chi connectivity index (χ0n) is 9.47. The summed E-state index contributed by atoms with van der Waals surface area (Å²) in [4.78, 5) is 24.0. The van der Waals surface area contributed by atoms with Gasteiger partial charge in [0.15, 0.2) is 0 Å². The molecule has 5 nitrogen and oxygen atoms in total. The first-order valence-electron chi connectivity index (χ1n) is 5.54. The van der Waals surface area contributed by atoms with Crippen molar-refractivity contribution < 1.29 is 4.79 Å². The first-order chi connectivity index (χ1) is 8.66. The summed E-state index contributed by atoms with van der Waals surface area (Å²) in [6, 6.07) is 6.72. The summed E-state index contributed by atoms with van der Waals surface area (Å²) in [6.45, 7) is 0. The van der Waals surface area contributed by atoms with Gasteiger partial charge in [-0.15, -0.1) is 11.8 Å². The summed E-state index contributed by atoms with van der Waals surface area (Å²) in [5, 5.41) is 3.08. The fraction of sp³-hybridized carbons (Fsp3) is 0.167. The van der Waals surface area contributed by atoms with Gasteiger partial charge in [-0.1, -0.05) is 6.07 Å². The number of H-pyrrole nitrogens is 1. The normalized spacial score (nSPS) is 13.6. The van der Waals surface area contributed by atoms with Crippen LogP contribution in [-0.2, 0) is 6.42 Å². The van der Waals surface area contributed by atoms with Crippen LogP contribution in [0.3, 0.4) is 0 Å². The lowest BCUT2D eigenvalue weighted by Gasteiger charge is -2.03. The molecule has 1 aliphatic heterocycles.